The van der Waals surface area contributed by atoms with E-state index >= 15 is 0 Å². The van der Waals surface area contributed by atoms with Crippen molar-refractivity contribution in [2.24, 2.45) is 0 Å². The molecule has 0 amide bonds. The average Bonchev–Trinajstić information content (AvgIpc) is 1.87. The molecule has 1 nitrogen and oxygen atoms in total. The van der Waals surface area contributed by atoms with Gasteiger partial charge in [0.15, 0.2) is 0 Å². The first-order valence-corrected chi connectivity index (χ1v) is 4.44. The summed E-state index contributed by atoms with van der Waals surface area (Å²) in [5.74, 6) is 0.689. The summed E-state index contributed by atoms with van der Waals surface area (Å²) in [6, 6.07) is 0. The van der Waals surface area contributed by atoms with E-state index in [9.17, 15) is 0 Å². The van der Waals surface area contributed by atoms with Crippen LogP contribution in [0.1, 0.15) is 0 Å². The van der Waals surface area contributed by atoms with Gasteiger partial charge in [0.2, 0.25) is 0 Å². The van der Waals surface area contributed by atoms with Crippen LogP contribution in [0.25, 0.3) is 0 Å². The van der Waals surface area contributed by atoms with Gasteiger partial charge in [-0.05, 0) is 0 Å². The Hall–Kier alpha value is 1.24. The molecule has 0 radical (unpaired) electrons. The van der Waals surface area contributed by atoms with Crippen LogP contribution >= 0.6 is 48.5 Å². The molecule has 0 aromatic carbocycles. The molecule has 0 aromatic rings. The topological polar surface area (TPSA) is 9.23 Å². The third kappa shape index (κ3) is 5.67. The zero-order valence-electron chi connectivity index (χ0n) is 4.63. The number of hydrogen-bond donors (Lipinski definition) is 2. The molecule has 0 fully saturated rings. The van der Waals surface area contributed by atoms with Crippen LogP contribution in [-0.2, 0) is 4.74 Å². The molecule has 0 aliphatic carbocycles. The first kappa shape index (κ1) is 10.2. The van der Waals surface area contributed by atoms with Crippen molar-refractivity contribution < 1.29 is 4.74 Å². The van der Waals surface area contributed by atoms with Crippen molar-refractivity contribution in [3.63, 3.8) is 0 Å². The van der Waals surface area contributed by atoms with Crippen LogP contribution in [0.4, 0.5) is 0 Å². The van der Waals surface area contributed by atoms with Crippen molar-refractivity contribution in [3.05, 3.63) is 0 Å². The van der Waals surface area contributed by atoms with Gasteiger partial charge >= 0.3 is 0 Å². The maximum Gasteiger partial charge on any atom is 0.115 e. The molecule has 0 N–H and O–H groups in total. The Kier molecular flexibility index (Phi) is 6.81. The normalized spacial score (nSPS) is 17.3. The van der Waals surface area contributed by atoms with Crippen LogP contribution in [0.2, 0.25) is 0 Å². The molecule has 0 heterocycles. The Morgan fingerprint density at radius 3 is 1.67 bits per heavy atom. The van der Waals surface area contributed by atoms with Crippen molar-refractivity contribution in [2.75, 3.05) is 11.8 Å². The van der Waals surface area contributed by atoms with Gasteiger partial charge in [-0.15, -0.1) is 48.5 Å². The molecule has 9 heavy (non-hydrogen) atoms. The Balaban J connectivity index is 3.22. The third-order valence-electron chi connectivity index (χ3n) is 0.578. The monoisotopic (exact) mass is 206 g/mol. The lowest BCUT2D eigenvalue weighted by Crippen LogP contribution is -2.15. The zero-order chi connectivity index (χ0) is 7.28. The maximum absolute atomic E-state index is 5.37. The van der Waals surface area contributed by atoms with Gasteiger partial charge in [0.05, 0.1) is 11.8 Å². The lowest BCUT2D eigenvalue weighted by atomic mass is 10.8. The van der Waals surface area contributed by atoms with Gasteiger partial charge < -0.3 is 4.74 Å². The zero-order valence-corrected chi connectivity index (χ0v) is 7.93. The second-order valence-corrected chi connectivity index (χ2v) is 3.12. The number of hydrogen-bond acceptors (Lipinski definition) is 3. The van der Waals surface area contributed by atoms with E-state index in [4.69, 9.17) is 27.9 Å². The van der Waals surface area contributed by atoms with Crippen molar-refractivity contribution in [1.29, 1.82) is 0 Å². The molecular weight excluding hydrogens is 199 g/mol. The van der Waals surface area contributed by atoms with E-state index in [1.165, 1.54) is 0 Å². The van der Waals surface area contributed by atoms with Crippen LogP contribution in [0, 0.1) is 0 Å². The summed E-state index contributed by atoms with van der Waals surface area (Å²) in [5.41, 5.74) is -0.541. The molecule has 0 saturated heterocycles. The molecule has 5 heteroatoms. The average molecular weight is 207 g/mol. The molecule has 2 atom stereocenters. The van der Waals surface area contributed by atoms with E-state index in [0.717, 1.165) is 0 Å². The molecule has 56 valence electrons. The number of halogens is 2. The highest BCUT2D eigenvalue weighted by molar-refractivity contribution is 7.81. The molecular formula is C4H8Cl2OS2. The van der Waals surface area contributed by atoms with Gasteiger partial charge in [0.1, 0.15) is 10.9 Å². The maximum atomic E-state index is 5.37. The summed E-state index contributed by atoms with van der Waals surface area (Å²) in [5, 5.41) is 0. The Labute approximate surface area is 75.9 Å². The van der Waals surface area contributed by atoms with E-state index in [-0.39, 0.29) is 10.9 Å². The minimum absolute atomic E-state index is 0.270. The number of thiol groups is 2. The number of rotatable bonds is 4. The SMILES string of the molecule is SC(CCl)OC(S)CCl. The van der Waals surface area contributed by atoms with Crippen molar-refractivity contribution in [1.82, 2.24) is 0 Å². The molecule has 0 aliphatic heterocycles. The highest BCUT2D eigenvalue weighted by Gasteiger charge is 2.06. The van der Waals surface area contributed by atoms with Gasteiger partial charge in [0.25, 0.3) is 0 Å². The Morgan fingerprint density at radius 1 is 1.11 bits per heavy atom. The lowest BCUT2D eigenvalue weighted by Gasteiger charge is -2.12. The fourth-order valence-electron chi connectivity index (χ4n) is 0.254. The quantitative estimate of drug-likeness (QED) is 0.407. The van der Waals surface area contributed by atoms with Crippen molar-refractivity contribution in [2.45, 2.75) is 10.9 Å². The highest BCUT2D eigenvalue weighted by Crippen LogP contribution is 2.08. The van der Waals surface area contributed by atoms with E-state index in [1.54, 1.807) is 0 Å². The summed E-state index contributed by atoms with van der Waals surface area (Å²) >= 11 is 18.7. The minimum atomic E-state index is -0.270. The standard InChI is InChI=1S/C4H8Cl2OS2/c5-1-3(8)7-4(9)2-6/h3-4,8-9H,1-2H2. The molecule has 0 bridgehead atoms. The predicted octanol–water partition coefficient (Wildman–Crippen LogP) is 1.99. The van der Waals surface area contributed by atoms with Crippen LogP contribution in [0.5, 0.6) is 0 Å². The predicted molar refractivity (Wildman–Crippen MR) is 48.1 cm³/mol. The minimum Gasteiger partial charge on any atom is -0.352 e. The van der Waals surface area contributed by atoms with E-state index < -0.39 is 0 Å². The second-order valence-electron chi connectivity index (χ2n) is 1.35. The summed E-state index contributed by atoms with van der Waals surface area (Å²) in [6.07, 6.45) is 0. The molecule has 0 aromatic heterocycles. The summed E-state index contributed by atoms with van der Waals surface area (Å²) in [4.78, 5) is 0. The van der Waals surface area contributed by atoms with Gasteiger partial charge in [-0.1, -0.05) is 0 Å². The van der Waals surface area contributed by atoms with Crippen molar-refractivity contribution in [3.8, 4) is 0 Å². The van der Waals surface area contributed by atoms with E-state index in [1.807, 2.05) is 0 Å². The van der Waals surface area contributed by atoms with Gasteiger partial charge in [-0.3, -0.25) is 0 Å². The smallest absolute Gasteiger partial charge is 0.115 e. The third-order valence-corrected chi connectivity index (χ3v) is 2.18. The molecule has 0 aliphatic rings. The van der Waals surface area contributed by atoms with Crippen LogP contribution in [0.3, 0.4) is 0 Å². The van der Waals surface area contributed by atoms with Crippen molar-refractivity contribution >= 4 is 48.5 Å². The summed E-state index contributed by atoms with van der Waals surface area (Å²) in [6.45, 7) is 0. The van der Waals surface area contributed by atoms with Crippen LogP contribution < -0.4 is 0 Å². The number of alkyl halides is 2. The van der Waals surface area contributed by atoms with Crippen LogP contribution in [0.15, 0.2) is 0 Å². The van der Waals surface area contributed by atoms with Gasteiger partial charge in [-0.25, -0.2) is 0 Å². The molecule has 2 unspecified atom stereocenters. The molecule has 0 saturated carbocycles. The van der Waals surface area contributed by atoms with Gasteiger partial charge in [0, 0.05) is 0 Å². The second kappa shape index (κ2) is 5.98. The highest BCUT2D eigenvalue weighted by atomic mass is 35.5. The van der Waals surface area contributed by atoms with E-state index in [0.29, 0.717) is 11.8 Å². The first-order valence-electron chi connectivity index (χ1n) is 2.34. The first-order chi connectivity index (χ1) is 4.20. The Morgan fingerprint density at radius 2 is 1.44 bits per heavy atom. The Bertz CT molecular complexity index is 65.6. The largest absolute Gasteiger partial charge is 0.352 e. The van der Waals surface area contributed by atoms with Crippen LogP contribution in [-0.4, -0.2) is 22.6 Å². The lowest BCUT2D eigenvalue weighted by molar-refractivity contribution is 0.120. The molecule has 0 rings (SSSR count). The molecule has 0 spiro atoms. The summed E-state index contributed by atoms with van der Waals surface area (Å²) in [7, 11) is 0. The van der Waals surface area contributed by atoms with Gasteiger partial charge in [-0.2, -0.15) is 0 Å². The number of ether oxygens (including phenoxy) is 1. The summed E-state index contributed by atoms with van der Waals surface area (Å²) < 4.78 is 5.01. The van der Waals surface area contributed by atoms with E-state index in [2.05, 4.69) is 25.3 Å². The fraction of sp³-hybridized carbons (Fsp3) is 1.00. The fourth-order valence-corrected chi connectivity index (χ4v) is 0.789.